The van der Waals surface area contributed by atoms with E-state index < -0.39 is 5.54 Å². The van der Waals surface area contributed by atoms with Crippen LogP contribution in [0.4, 0.5) is 0 Å². The minimum Gasteiger partial charge on any atom is -0.314 e. The molecule has 0 bridgehead atoms. The molecule has 0 heterocycles. The third-order valence-corrected chi connectivity index (χ3v) is 3.48. The number of rotatable bonds is 5. The Bertz CT molecular complexity index is 385. The largest absolute Gasteiger partial charge is 0.314 e. The second-order valence-corrected chi connectivity index (χ2v) is 5.54. The summed E-state index contributed by atoms with van der Waals surface area (Å²) in [5, 5.41) is 9.50. The lowest BCUT2D eigenvalue weighted by Crippen LogP contribution is -2.33. The Morgan fingerprint density at radius 2 is 2.31 bits per heavy atom. The van der Waals surface area contributed by atoms with E-state index in [-0.39, 0.29) is 0 Å². The van der Waals surface area contributed by atoms with Crippen molar-refractivity contribution in [1.29, 1.82) is 5.26 Å². The smallest absolute Gasteiger partial charge is 0.101 e. The van der Waals surface area contributed by atoms with Gasteiger partial charge in [0.2, 0.25) is 0 Å². The molecule has 0 saturated heterocycles. The van der Waals surface area contributed by atoms with Gasteiger partial charge >= 0.3 is 0 Å². The van der Waals surface area contributed by atoms with Crippen LogP contribution in [0.2, 0.25) is 5.02 Å². The van der Waals surface area contributed by atoms with E-state index in [1.54, 1.807) is 18.7 Å². The van der Waals surface area contributed by atoms with Crippen LogP contribution in [0.1, 0.15) is 19.8 Å². The number of halogens is 1. The lowest BCUT2D eigenvalue weighted by atomic mass is 10.0. The minimum atomic E-state index is -0.700. The Morgan fingerprint density at radius 1 is 1.56 bits per heavy atom. The number of thioether (sulfide) groups is 1. The van der Waals surface area contributed by atoms with Crippen LogP contribution in [0.5, 0.6) is 0 Å². The average molecular weight is 255 g/mol. The van der Waals surface area contributed by atoms with E-state index in [9.17, 15) is 0 Å². The van der Waals surface area contributed by atoms with Gasteiger partial charge in [-0.15, -0.1) is 11.8 Å². The molecule has 0 aliphatic carbocycles. The van der Waals surface area contributed by atoms with Crippen molar-refractivity contribution in [1.82, 2.24) is 0 Å². The van der Waals surface area contributed by atoms with Gasteiger partial charge in [-0.05, 0) is 43.7 Å². The van der Waals surface area contributed by atoms with Crippen LogP contribution in [-0.2, 0) is 0 Å². The van der Waals surface area contributed by atoms with Crippen molar-refractivity contribution in [2.75, 3.05) is 5.75 Å². The molecule has 1 atom stereocenters. The number of hydrogen-bond acceptors (Lipinski definition) is 3. The number of benzene rings is 1. The molecule has 0 amide bonds. The van der Waals surface area contributed by atoms with Crippen LogP contribution >= 0.6 is 23.4 Å². The number of nitrogens with two attached hydrogens (primary N) is 1. The summed E-state index contributed by atoms with van der Waals surface area (Å²) in [6, 6.07) is 9.87. The SMILES string of the molecule is CC(N)(C#N)CCCSc1cccc(Cl)c1. The van der Waals surface area contributed by atoms with Crippen LogP contribution in [0, 0.1) is 11.3 Å². The summed E-state index contributed by atoms with van der Waals surface area (Å²) in [6.07, 6.45) is 1.65. The van der Waals surface area contributed by atoms with Crippen LogP contribution in [0.3, 0.4) is 0 Å². The average Bonchev–Trinajstić information content (AvgIpc) is 2.25. The second-order valence-electron chi connectivity index (χ2n) is 3.94. The Morgan fingerprint density at radius 3 is 2.94 bits per heavy atom. The molecular formula is C12H15ClN2S. The minimum absolute atomic E-state index is 0.700. The molecule has 0 fully saturated rings. The standard InChI is InChI=1S/C12H15ClN2S/c1-12(15,9-14)6-3-7-16-11-5-2-4-10(13)8-11/h2,4-5,8H,3,6-7,15H2,1H3. The molecule has 2 nitrogen and oxygen atoms in total. The van der Waals surface area contributed by atoms with Crippen LogP contribution in [-0.4, -0.2) is 11.3 Å². The summed E-state index contributed by atoms with van der Waals surface area (Å²) in [5.74, 6) is 0.953. The van der Waals surface area contributed by atoms with Gasteiger partial charge in [0.15, 0.2) is 0 Å². The van der Waals surface area contributed by atoms with E-state index in [1.165, 1.54) is 0 Å². The maximum absolute atomic E-state index is 8.75. The molecule has 0 aliphatic heterocycles. The third-order valence-electron chi connectivity index (χ3n) is 2.16. The fraction of sp³-hybridized carbons (Fsp3) is 0.417. The summed E-state index contributed by atoms with van der Waals surface area (Å²) >= 11 is 7.61. The molecule has 1 aromatic rings. The lowest BCUT2D eigenvalue weighted by molar-refractivity contribution is 0.540. The molecule has 1 unspecified atom stereocenters. The highest BCUT2D eigenvalue weighted by Gasteiger charge is 2.15. The maximum atomic E-state index is 8.75. The fourth-order valence-corrected chi connectivity index (χ4v) is 2.41. The molecule has 1 aromatic carbocycles. The Kier molecular flexibility index (Phi) is 5.14. The summed E-state index contributed by atoms with van der Waals surface area (Å²) in [4.78, 5) is 1.16. The Hall–Kier alpha value is -0.690. The molecule has 4 heteroatoms. The molecule has 0 spiro atoms. The topological polar surface area (TPSA) is 49.8 Å². The summed E-state index contributed by atoms with van der Waals surface area (Å²) in [6.45, 7) is 1.76. The van der Waals surface area contributed by atoms with Crippen molar-refractivity contribution in [3.8, 4) is 6.07 Å². The predicted molar refractivity (Wildman–Crippen MR) is 69.6 cm³/mol. The first kappa shape index (κ1) is 13.4. The van der Waals surface area contributed by atoms with Crippen molar-refractivity contribution in [3.63, 3.8) is 0 Å². The molecule has 0 radical (unpaired) electrons. The van der Waals surface area contributed by atoms with Gasteiger partial charge < -0.3 is 5.73 Å². The summed E-state index contributed by atoms with van der Waals surface area (Å²) in [5.41, 5.74) is 5.03. The predicted octanol–water partition coefficient (Wildman–Crippen LogP) is 3.45. The summed E-state index contributed by atoms with van der Waals surface area (Å²) < 4.78 is 0. The first-order valence-corrected chi connectivity index (χ1v) is 6.48. The zero-order valence-corrected chi connectivity index (χ0v) is 10.8. The Balaban J connectivity index is 2.29. The van der Waals surface area contributed by atoms with Crippen LogP contribution in [0.25, 0.3) is 0 Å². The molecule has 0 saturated carbocycles. The van der Waals surface area contributed by atoms with Gasteiger partial charge in [0.05, 0.1) is 6.07 Å². The summed E-state index contributed by atoms with van der Waals surface area (Å²) in [7, 11) is 0. The first-order chi connectivity index (χ1) is 7.53. The fourth-order valence-electron chi connectivity index (χ4n) is 1.24. The van der Waals surface area contributed by atoms with Gasteiger partial charge in [0.1, 0.15) is 5.54 Å². The normalized spacial score (nSPS) is 14.1. The Labute approximate surface area is 106 Å². The number of nitrogens with zero attached hydrogens (tertiary/aromatic N) is 1. The molecule has 2 N–H and O–H groups in total. The van der Waals surface area contributed by atoms with E-state index in [0.29, 0.717) is 0 Å². The van der Waals surface area contributed by atoms with Gasteiger partial charge in [-0.2, -0.15) is 5.26 Å². The van der Waals surface area contributed by atoms with E-state index in [1.807, 2.05) is 24.3 Å². The van der Waals surface area contributed by atoms with Crippen LogP contribution < -0.4 is 5.73 Å². The highest BCUT2D eigenvalue weighted by atomic mass is 35.5. The highest BCUT2D eigenvalue weighted by molar-refractivity contribution is 7.99. The molecule has 0 aliphatic rings. The van der Waals surface area contributed by atoms with Gasteiger partial charge in [-0.1, -0.05) is 17.7 Å². The molecular weight excluding hydrogens is 240 g/mol. The van der Waals surface area contributed by atoms with E-state index in [2.05, 4.69) is 6.07 Å². The second kappa shape index (κ2) is 6.15. The van der Waals surface area contributed by atoms with Crippen molar-refractivity contribution in [3.05, 3.63) is 29.3 Å². The first-order valence-electron chi connectivity index (χ1n) is 5.12. The van der Waals surface area contributed by atoms with Gasteiger partial charge in [0.25, 0.3) is 0 Å². The van der Waals surface area contributed by atoms with E-state index in [4.69, 9.17) is 22.6 Å². The van der Waals surface area contributed by atoms with E-state index >= 15 is 0 Å². The molecule has 86 valence electrons. The van der Waals surface area contributed by atoms with E-state index in [0.717, 1.165) is 28.5 Å². The van der Waals surface area contributed by atoms with Crippen LogP contribution in [0.15, 0.2) is 29.2 Å². The zero-order valence-electron chi connectivity index (χ0n) is 9.24. The van der Waals surface area contributed by atoms with Gasteiger partial charge in [-0.25, -0.2) is 0 Å². The van der Waals surface area contributed by atoms with Crippen molar-refractivity contribution >= 4 is 23.4 Å². The van der Waals surface area contributed by atoms with Crippen molar-refractivity contribution < 1.29 is 0 Å². The monoisotopic (exact) mass is 254 g/mol. The zero-order chi connectivity index (χ0) is 12.0. The van der Waals surface area contributed by atoms with Gasteiger partial charge in [0, 0.05) is 9.92 Å². The number of nitriles is 1. The number of hydrogen-bond donors (Lipinski definition) is 1. The maximum Gasteiger partial charge on any atom is 0.101 e. The molecule has 1 rings (SSSR count). The molecule has 16 heavy (non-hydrogen) atoms. The van der Waals surface area contributed by atoms with Crippen molar-refractivity contribution in [2.45, 2.75) is 30.2 Å². The highest BCUT2D eigenvalue weighted by Crippen LogP contribution is 2.23. The van der Waals surface area contributed by atoms with Crippen molar-refractivity contribution in [2.24, 2.45) is 5.73 Å². The van der Waals surface area contributed by atoms with Gasteiger partial charge in [-0.3, -0.25) is 0 Å². The third kappa shape index (κ3) is 4.89. The molecule has 0 aromatic heterocycles. The lowest BCUT2D eigenvalue weighted by Gasteiger charge is -2.14. The quantitative estimate of drug-likeness (QED) is 0.647.